The summed E-state index contributed by atoms with van der Waals surface area (Å²) in [5.41, 5.74) is 2.11. The lowest BCUT2D eigenvalue weighted by molar-refractivity contribution is -0.149. The van der Waals surface area contributed by atoms with Crippen LogP contribution in [0.1, 0.15) is 46.6 Å². The molecule has 0 heterocycles. The highest BCUT2D eigenvalue weighted by Gasteiger charge is 2.26. The number of hydrogen-bond acceptors (Lipinski definition) is 4. The number of rotatable bonds is 9. The molecular formula is C25H32Cl2N2O3. The molecule has 0 spiro atoms. The molecular weight excluding hydrogens is 447 g/mol. The zero-order valence-electron chi connectivity index (χ0n) is 19.3. The second-order valence-electron chi connectivity index (χ2n) is 9.32. The van der Waals surface area contributed by atoms with Crippen LogP contribution in [0.3, 0.4) is 0 Å². The van der Waals surface area contributed by atoms with E-state index in [0.29, 0.717) is 28.0 Å². The highest BCUT2D eigenvalue weighted by atomic mass is 35.5. The average molecular weight is 479 g/mol. The van der Waals surface area contributed by atoms with Gasteiger partial charge in [-0.25, -0.2) is 4.79 Å². The summed E-state index contributed by atoms with van der Waals surface area (Å²) in [7, 11) is 0. The fraction of sp³-hybridized carbons (Fsp3) is 0.440. The van der Waals surface area contributed by atoms with Crippen molar-refractivity contribution >= 4 is 46.5 Å². The molecule has 0 radical (unpaired) electrons. The Morgan fingerprint density at radius 3 is 2.22 bits per heavy atom. The second kappa shape index (κ2) is 11.6. The van der Waals surface area contributed by atoms with Gasteiger partial charge in [-0.15, -0.1) is 0 Å². The standard InChI is InChI=1S/C25H32Cl2N2O3/c1-16(2)22(24(31)32-14-13-25(3,4)5)29-21(30)15-17-9-6-7-12-20(17)28-23-18(26)10-8-11-19(23)27/h6-12,16,22,28H,13-15H2,1-5H3,(H,29,30). The third kappa shape index (κ3) is 8.03. The summed E-state index contributed by atoms with van der Waals surface area (Å²) in [5, 5.41) is 7.01. The van der Waals surface area contributed by atoms with E-state index in [9.17, 15) is 9.59 Å². The van der Waals surface area contributed by atoms with Crippen LogP contribution in [0.15, 0.2) is 42.5 Å². The average Bonchev–Trinajstić information content (AvgIpc) is 2.69. The number of nitrogens with one attached hydrogen (secondary N) is 2. The van der Waals surface area contributed by atoms with E-state index in [1.165, 1.54) is 0 Å². The molecule has 1 unspecified atom stereocenters. The fourth-order valence-electron chi connectivity index (χ4n) is 2.99. The largest absolute Gasteiger partial charge is 0.464 e. The Kier molecular flexibility index (Phi) is 9.41. The fourth-order valence-corrected chi connectivity index (χ4v) is 3.48. The van der Waals surface area contributed by atoms with E-state index in [4.69, 9.17) is 27.9 Å². The predicted molar refractivity (Wildman–Crippen MR) is 132 cm³/mol. The van der Waals surface area contributed by atoms with Crippen molar-refractivity contribution in [2.45, 2.75) is 53.5 Å². The normalized spacial score (nSPS) is 12.4. The predicted octanol–water partition coefficient (Wildman–Crippen LogP) is 6.40. The molecule has 2 aromatic rings. The minimum atomic E-state index is -0.708. The van der Waals surface area contributed by atoms with Gasteiger partial charge >= 0.3 is 5.97 Å². The highest BCUT2D eigenvalue weighted by Crippen LogP contribution is 2.33. The molecule has 2 aromatic carbocycles. The van der Waals surface area contributed by atoms with Crippen LogP contribution in [0.2, 0.25) is 10.0 Å². The molecule has 0 aliphatic carbocycles. The Morgan fingerprint density at radius 2 is 1.62 bits per heavy atom. The van der Waals surface area contributed by atoms with Gasteiger partial charge < -0.3 is 15.4 Å². The van der Waals surface area contributed by atoms with E-state index in [1.54, 1.807) is 18.2 Å². The molecule has 32 heavy (non-hydrogen) atoms. The molecule has 174 valence electrons. The number of esters is 1. The molecule has 1 amide bonds. The van der Waals surface area contributed by atoms with Gasteiger partial charge in [0, 0.05) is 5.69 Å². The molecule has 0 aliphatic heterocycles. The van der Waals surface area contributed by atoms with Crippen LogP contribution < -0.4 is 10.6 Å². The molecule has 0 fully saturated rings. The molecule has 5 nitrogen and oxygen atoms in total. The maximum atomic E-state index is 12.8. The van der Waals surface area contributed by atoms with Crippen molar-refractivity contribution in [2.24, 2.45) is 11.3 Å². The van der Waals surface area contributed by atoms with Crippen LogP contribution in [0.4, 0.5) is 11.4 Å². The van der Waals surface area contributed by atoms with E-state index in [2.05, 4.69) is 31.4 Å². The van der Waals surface area contributed by atoms with E-state index in [0.717, 1.165) is 12.0 Å². The summed E-state index contributed by atoms with van der Waals surface area (Å²) < 4.78 is 5.43. The highest BCUT2D eigenvalue weighted by molar-refractivity contribution is 6.39. The van der Waals surface area contributed by atoms with Crippen LogP contribution in [-0.2, 0) is 20.7 Å². The Labute approximate surface area is 200 Å². The van der Waals surface area contributed by atoms with Gasteiger partial charge in [0.05, 0.1) is 28.8 Å². The van der Waals surface area contributed by atoms with Gasteiger partial charge in [-0.3, -0.25) is 4.79 Å². The van der Waals surface area contributed by atoms with Gasteiger partial charge in [0.15, 0.2) is 0 Å². The lowest BCUT2D eigenvalue weighted by Crippen LogP contribution is -2.46. The summed E-state index contributed by atoms with van der Waals surface area (Å²) in [6.45, 7) is 10.3. The van der Waals surface area contributed by atoms with E-state index in [-0.39, 0.29) is 23.7 Å². The Bertz CT molecular complexity index is 919. The van der Waals surface area contributed by atoms with Crippen LogP contribution in [0.25, 0.3) is 0 Å². The Morgan fingerprint density at radius 1 is 1.00 bits per heavy atom. The first-order chi connectivity index (χ1) is 15.0. The van der Waals surface area contributed by atoms with Gasteiger partial charge in [-0.1, -0.05) is 82.1 Å². The van der Waals surface area contributed by atoms with Crippen LogP contribution in [0.5, 0.6) is 0 Å². The third-order valence-electron chi connectivity index (χ3n) is 4.92. The van der Waals surface area contributed by atoms with Crippen molar-refractivity contribution in [3.8, 4) is 0 Å². The van der Waals surface area contributed by atoms with Gasteiger partial charge in [0.1, 0.15) is 6.04 Å². The van der Waals surface area contributed by atoms with E-state index >= 15 is 0 Å². The van der Waals surface area contributed by atoms with Crippen LogP contribution >= 0.6 is 23.2 Å². The number of carbonyl (C=O) groups is 2. The topological polar surface area (TPSA) is 67.4 Å². The van der Waals surface area contributed by atoms with Crippen molar-refractivity contribution in [1.29, 1.82) is 0 Å². The molecule has 2 rings (SSSR count). The van der Waals surface area contributed by atoms with Crippen molar-refractivity contribution in [3.05, 3.63) is 58.1 Å². The maximum absolute atomic E-state index is 12.8. The monoisotopic (exact) mass is 478 g/mol. The first kappa shape index (κ1) is 26.0. The first-order valence-electron chi connectivity index (χ1n) is 10.7. The summed E-state index contributed by atoms with van der Waals surface area (Å²) in [6, 6.07) is 11.9. The SMILES string of the molecule is CC(C)C(NC(=O)Cc1ccccc1Nc1c(Cl)cccc1Cl)C(=O)OCCC(C)(C)C. The molecule has 0 bridgehead atoms. The minimum Gasteiger partial charge on any atom is -0.464 e. The van der Waals surface area contributed by atoms with Gasteiger partial charge in [-0.2, -0.15) is 0 Å². The van der Waals surface area contributed by atoms with Crippen LogP contribution in [0, 0.1) is 11.3 Å². The quantitative estimate of drug-likeness (QED) is 0.409. The Balaban J connectivity index is 2.07. The molecule has 1 atom stereocenters. The van der Waals surface area contributed by atoms with E-state index in [1.807, 2.05) is 38.1 Å². The Hall–Kier alpha value is -2.24. The zero-order chi connectivity index (χ0) is 23.9. The molecule has 2 N–H and O–H groups in total. The van der Waals surface area contributed by atoms with Gasteiger partial charge in [0.2, 0.25) is 5.91 Å². The lowest BCUT2D eigenvalue weighted by Gasteiger charge is -2.23. The number of carbonyl (C=O) groups excluding carboxylic acids is 2. The number of amides is 1. The summed E-state index contributed by atoms with van der Waals surface area (Å²) in [4.78, 5) is 25.4. The molecule has 0 saturated heterocycles. The third-order valence-corrected chi connectivity index (χ3v) is 5.55. The van der Waals surface area contributed by atoms with Gasteiger partial charge in [-0.05, 0) is 41.5 Å². The van der Waals surface area contributed by atoms with Crippen molar-refractivity contribution in [2.75, 3.05) is 11.9 Å². The lowest BCUT2D eigenvalue weighted by atomic mass is 9.93. The number of hydrogen-bond donors (Lipinski definition) is 2. The van der Waals surface area contributed by atoms with Gasteiger partial charge in [0.25, 0.3) is 0 Å². The molecule has 0 aliphatic rings. The molecule has 0 saturated carbocycles. The number of halogens is 2. The number of ether oxygens (including phenoxy) is 1. The van der Waals surface area contributed by atoms with E-state index < -0.39 is 12.0 Å². The first-order valence-corrected chi connectivity index (χ1v) is 11.5. The number of anilines is 2. The molecule has 0 aromatic heterocycles. The molecule has 7 heteroatoms. The minimum absolute atomic E-state index is 0.0676. The summed E-state index contributed by atoms with van der Waals surface area (Å²) in [5.74, 6) is -0.778. The number of benzene rings is 2. The summed E-state index contributed by atoms with van der Waals surface area (Å²) in [6.07, 6.45) is 0.838. The van der Waals surface area contributed by atoms with Crippen LogP contribution in [-0.4, -0.2) is 24.5 Å². The number of para-hydroxylation sites is 2. The summed E-state index contributed by atoms with van der Waals surface area (Å²) >= 11 is 12.5. The second-order valence-corrected chi connectivity index (χ2v) is 10.1. The zero-order valence-corrected chi connectivity index (χ0v) is 20.8. The van der Waals surface area contributed by atoms with Crippen molar-refractivity contribution in [1.82, 2.24) is 5.32 Å². The maximum Gasteiger partial charge on any atom is 0.328 e. The van der Waals surface area contributed by atoms with Crippen molar-refractivity contribution < 1.29 is 14.3 Å². The smallest absolute Gasteiger partial charge is 0.328 e. The van der Waals surface area contributed by atoms with Crippen molar-refractivity contribution in [3.63, 3.8) is 0 Å².